The van der Waals surface area contributed by atoms with Crippen molar-refractivity contribution in [1.82, 2.24) is 15.5 Å². The number of H-pyrrole nitrogens is 1. The van der Waals surface area contributed by atoms with Crippen molar-refractivity contribution in [2.45, 2.75) is 6.54 Å². The number of benzene rings is 2. The summed E-state index contributed by atoms with van der Waals surface area (Å²) in [7, 11) is 0. The van der Waals surface area contributed by atoms with Crippen LogP contribution in [0.4, 0.5) is 0 Å². The van der Waals surface area contributed by atoms with E-state index >= 15 is 0 Å². The maximum Gasteiger partial charge on any atom is 0.271 e. The van der Waals surface area contributed by atoms with E-state index in [1.54, 1.807) is 0 Å². The van der Waals surface area contributed by atoms with E-state index in [0.717, 1.165) is 16.7 Å². The third-order valence-electron chi connectivity index (χ3n) is 3.43. The highest BCUT2D eigenvalue weighted by Gasteiger charge is 2.06. The lowest BCUT2D eigenvalue weighted by atomic mass is 10.0. The topological polar surface area (TPSA) is 74.8 Å². The molecule has 0 atom stereocenters. The van der Waals surface area contributed by atoms with Gasteiger partial charge in [0.1, 0.15) is 5.69 Å². The molecule has 0 saturated heterocycles. The minimum atomic E-state index is -0.335. The number of amides is 1. The zero-order chi connectivity index (χ0) is 16.1. The number of hydrogen-bond donors (Lipinski definition) is 2. The first kappa shape index (κ1) is 14.7. The summed E-state index contributed by atoms with van der Waals surface area (Å²) >= 11 is 0. The Kier molecular flexibility index (Phi) is 4.29. The molecule has 0 fully saturated rings. The Morgan fingerprint density at radius 1 is 0.913 bits per heavy atom. The van der Waals surface area contributed by atoms with Gasteiger partial charge < -0.3 is 5.32 Å². The summed E-state index contributed by atoms with van der Waals surface area (Å²) in [5, 5.41) is 8.70. The number of hydrogen-bond acceptors (Lipinski definition) is 3. The quantitative estimate of drug-likeness (QED) is 0.777. The number of nitrogens with one attached hydrogen (secondary N) is 2. The molecule has 5 heteroatoms. The molecule has 3 aromatic rings. The van der Waals surface area contributed by atoms with Crippen molar-refractivity contribution in [3.05, 3.63) is 88.3 Å². The third kappa shape index (κ3) is 3.71. The maximum absolute atomic E-state index is 11.9. The molecule has 0 spiro atoms. The fraction of sp³-hybridized carbons (Fsp3) is 0.0556. The molecule has 0 radical (unpaired) electrons. The van der Waals surface area contributed by atoms with Crippen LogP contribution in [0.3, 0.4) is 0 Å². The minimum absolute atomic E-state index is 0.186. The molecule has 0 bridgehead atoms. The van der Waals surface area contributed by atoms with Gasteiger partial charge in [0.05, 0.1) is 0 Å². The molecule has 1 aromatic heterocycles. The Labute approximate surface area is 133 Å². The predicted octanol–water partition coefficient (Wildman–Crippen LogP) is 2.37. The standard InChI is InChI=1S/C18H15N3O2/c22-17-11-10-16(20-21-17)18(23)19-12-13-6-8-15(9-7-13)14-4-2-1-3-5-14/h1-11H,12H2,(H,19,23)(H,21,22). The molecule has 0 aliphatic carbocycles. The van der Waals surface area contributed by atoms with Gasteiger partial charge in [-0.2, -0.15) is 5.10 Å². The molecule has 0 unspecified atom stereocenters. The van der Waals surface area contributed by atoms with Gasteiger partial charge >= 0.3 is 0 Å². The average molecular weight is 305 g/mol. The van der Waals surface area contributed by atoms with E-state index < -0.39 is 0 Å². The van der Waals surface area contributed by atoms with Crippen LogP contribution in [0.25, 0.3) is 11.1 Å². The van der Waals surface area contributed by atoms with E-state index in [0.29, 0.717) is 6.54 Å². The summed E-state index contributed by atoms with van der Waals surface area (Å²) in [6, 6.07) is 20.8. The van der Waals surface area contributed by atoms with Crippen LogP contribution in [-0.2, 0) is 6.54 Å². The molecule has 23 heavy (non-hydrogen) atoms. The molecule has 114 valence electrons. The number of aromatic amines is 1. The van der Waals surface area contributed by atoms with Crippen LogP contribution in [0, 0.1) is 0 Å². The first-order valence-electron chi connectivity index (χ1n) is 7.21. The molecule has 0 aliphatic rings. The van der Waals surface area contributed by atoms with Gasteiger partial charge in [0.2, 0.25) is 0 Å². The highest BCUT2D eigenvalue weighted by Crippen LogP contribution is 2.19. The zero-order valence-electron chi connectivity index (χ0n) is 12.3. The van der Waals surface area contributed by atoms with Crippen molar-refractivity contribution in [1.29, 1.82) is 0 Å². The predicted molar refractivity (Wildman–Crippen MR) is 87.9 cm³/mol. The highest BCUT2D eigenvalue weighted by molar-refractivity contribution is 5.91. The smallest absolute Gasteiger partial charge is 0.271 e. The van der Waals surface area contributed by atoms with Gasteiger partial charge in [-0.05, 0) is 22.8 Å². The second-order valence-corrected chi connectivity index (χ2v) is 5.05. The van der Waals surface area contributed by atoms with Crippen molar-refractivity contribution in [2.75, 3.05) is 0 Å². The largest absolute Gasteiger partial charge is 0.347 e. The van der Waals surface area contributed by atoms with Crippen LogP contribution < -0.4 is 10.9 Å². The first-order valence-corrected chi connectivity index (χ1v) is 7.21. The molecule has 0 saturated carbocycles. The number of carbonyl (C=O) groups excluding carboxylic acids is 1. The second-order valence-electron chi connectivity index (χ2n) is 5.05. The van der Waals surface area contributed by atoms with E-state index in [9.17, 15) is 9.59 Å². The molecule has 2 N–H and O–H groups in total. The lowest BCUT2D eigenvalue weighted by molar-refractivity contribution is 0.0945. The number of aromatic nitrogens is 2. The number of nitrogens with zero attached hydrogens (tertiary/aromatic N) is 1. The Hall–Kier alpha value is -3.21. The van der Waals surface area contributed by atoms with Crippen molar-refractivity contribution in [3.63, 3.8) is 0 Å². The fourth-order valence-corrected chi connectivity index (χ4v) is 2.19. The monoisotopic (exact) mass is 305 g/mol. The molecule has 1 amide bonds. The van der Waals surface area contributed by atoms with E-state index in [2.05, 4.69) is 27.6 Å². The lowest BCUT2D eigenvalue weighted by Gasteiger charge is -2.06. The molecule has 1 heterocycles. The molecule has 5 nitrogen and oxygen atoms in total. The lowest BCUT2D eigenvalue weighted by Crippen LogP contribution is -2.25. The Bertz CT molecular complexity index is 835. The molecular formula is C18H15N3O2. The fourth-order valence-electron chi connectivity index (χ4n) is 2.19. The highest BCUT2D eigenvalue weighted by atomic mass is 16.2. The maximum atomic E-state index is 11.9. The van der Waals surface area contributed by atoms with Crippen LogP contribution in [0.15, 0.2) is 71.5 Å². The van der Waals surface area contributed by atoms with Crippen molar-refractivity contribution >= 4 is 5.91 Å². The number of carbonyl (C=O) groups is 1. The van der Waals surface area contributed by atoms with Crippen LogP contribution in [0.5, 0.6) is 0 Å². The summed E-state index contributed by atoms with van der Waals surface area (Å²) in [5.41, 5.74) is 3.12. The number of rotatable bonds is 4. The minimum Gasteiger partial charge on any atom is -0.347 e. The summed E-state index contributed by atoms with van der Waals surface area (Å²) < 4.78 is 0. The van der Waals surface area contributed by atoms with E-state index in [4.69, 9.17) is 0 Å². The average Bonchev–Trinajstić information content (AvgIpc) is 2.61. The van der Waals surface area contributed by atoms with Gasteiger partial charge in [0.15, 0.2) is 0 Å². The van der Waals surface area contributed by atoms with Crippen LogP contribution in [0.1, 0.15) is 16.1 Å². The van der Waals surface area contributed by atoms with E-state index in [1.807, 2.05) is 42.5 Å². The SMILES string of the molecule is O=C(NCc1ccc(-c2ccccc2)cc1)c1ccc(=O)[nH]n1. The van der Waals surface area contributed by atoms with Crippen molar-refractivity contribution in [2.24, 2.45) is 0 Å². The zero-order valence-corrected chi connectivity index (χ0v) is 12.3. The Morgan fingerprint density at radius 3 is 2.26 bits per heavy atom. The van der Waals surface area contributed by atoms with Crippen LogP contribution in [0.2, 0.25) is 0 Å². The van der Waals surface area contributed by atoms with Gasteiger partial charge in [-0.15, -0.1) is 0 Å². The van der Waals surface area contributed by atoms with Gasteiger partial charge in [-0.25, -0.2) is 5.10 Å². The van der Waals surface area contributed by atoms with Gasteiger partial charge in [0, 0.05) is 12.6 Å². The molecular weight excluding hydrogens is 290 g/mol. The van der Waals surface area contributed by atoms with Crippen molar-refractivity contribution in [3.8, 4) is 11.1 Å². The van der Waals surface area contributed by atoms with Gasteiger partial charge in [-0.3, -0.25) is 9.59 Å². The van der Waals surface area contributed by atoms with Crippen LogP contribution >= 0.6 is 0 Å². The molecule has 2 aromatic carbocycles. The summed E-state index contributed by atoms with van der Waals surface area (Å²) in [6.45, 7) is 0.398. The molecule has 0 aliphatic heterocycles. The van der Waals surface area contributed by atoms with Crippen molar-refractivity contribution < 1.29 is 4.79 Å². The van der Waals surface area contributed by atoms with E-state index in [1.165, 1.54) is 12.1 Å². The summed E-state index contributed by atoms with van der Waals surface area (Å²) in [6.07, 6.45) is 0. The first-order chi connectivity index (χ1) is 11.2. The Balaban J connectivity index is 1.63. The second kappa shape index (κ2) is 6.70. The summed E-state index contributed by atoms with van der Waals surface area (Å²) in [5.74, 6) is -0.326. The normalized spacial score (nSPS) is 10.3. The third-order valence-corrected chi connectivity index (χ3v) is 3.43. The van der Waals surface area contributed by atoms with Gasteiger partial charge in [0.25, 0.3) is 11.5 Å². The summed E-state index contributed by atoms with van der Waals surface area (Å²) in [4.78, 5) is 22.8. The van der Waals surface area contributed by atoms with Crippen LogP contribution in [-0.4, -0.2) is 16.1 Å². The van der Waals surface area contributed by atoms with E-state index in [-0.39, 0.29) is 17.2 Å². The Morgan fingerprint density at radius 2 is 1.61 bits per heavy atom. The van der Waals surface area contributed by atoms with Gasteiger partial charge in [-0.1, -0.05) is 54.6 Å². The molecule has 3 rings (SSSR count).